The summed E-state index contributed by atoms with van der Waals surface area (Å²) in [6.07, 6.45) is 2.16. The second kappa shape index (κ2) is 6.19. The van der Waals surface area contributed by atoms with Crippen molar-refractivity contribution >= 4 is 0 Å². The van der Waals surface area contributed by atoms with Gasteiger partial charge < -0.3 is 5.32 Å². The number of benzene rings is 1. The largest absolute Gasteiger partial charge is 0.309 e. The average Bonchev–Trinajstić information content (AvgIpc) is 2.37. The zero-order valence-corrected chi connectivity index (χ0v) is 12.5. The highest BCUT2D eigenvalue weighted by atomic mass is 19.1. The van der Waals surface area contributed by atoms with Crippen molar-refractivity contribution < 1.29 is 8.78 Å². The van der Waals surface area contributed by atoms with Gasteiger partial charge in [-0.1, -0.05) is 13.3 Å². The number of nitrogens with one attached hydrogen (secondary N) is 1. The summed E-state index contributed by atoms with van der Waals surface area (Å²) in [4.78, 5) is 2.28. The molecular formula is C16H24F2N2. The Morgan fingerprint density at radius 2 is 2.10 bits per heavy atom. The summed E-state index contributed by atoms with van der Waals surface area (Å²) in [5, 5.41) is 3.53. The molecule has 2 nitrogen and oxygen atoms in total. The molecule has 0 aliphatic carbocycles. The number of halogens is 2. The van der Waals surface area contributed by atoms with Gasteiger partial charge in [0.1, 0.15) is 11.6 Å². The van der Waals surface area contributed by atoms with Crippen molar-refractivity contribution in [1.29, 1.82) is 0 Å². The first kappa shape index (κ1) is 15.4. The van der Waals surface area contributed by atoms with Crippen molar-refractivity contribution in [1.82, 2.24) is 10.2 Å². The van der Waals surface area contributed by atoms with E-state index >= 15 is 0 Å². The molecule has 1 aromatic carbocycles. The standard InChI is InChI=1S/C16H24F2N2/c1-4-5-14-9-19-16(2,3)11-20(14)10-12-8-13(17)6-7-15(12)18/h6-8,14,19H,4-5,9-11H2,1-3H3. The van der Waals surface area contributed by atoms with Gasteiger partial charge >= 0.3 is 0 Å². The third-order valence-electron chi connectivity index (χ3n) is 3.93. The van der Waals surface area contributed by atoms with Crippen molar-refractivity contribution in [3.63, 3.8) is 0 Å². The summed E-state index contributed by atoms with van der Waals surface area (Å²) < 4.78 is 27.1. The summed E-state index contributed by atoms with van der Waals surface area (Å²) in [6, 6.07) is 4.08. The monoisotopic (exact) mass is 282 g/mol. The molecule has 1 fully saturated rings. The molecule has 0 amide bonds. The number of hydrogen-bond donors (Lipinski definition) is 1. The zero-order valence-electron chi connectivity index (χ0n) is 12.5. The zero-order chi connectivity index (χ0) is 14.8. The van der Waals surface area contributed by atoms with Crippen LogP contribution in [-0.2, 0) is 6.54 Å². The van der Waals surface area contributed by atoms with E-state index in [1.54, 1.807) is 0 Å². The lowest BCUT2D eigenvalue weighted by Crippen LogP contribution is -2.61. The smallest absolute Gasteiger partial charge is 0.127 e. The van der Waals surface area contributed by atoms with Crippen LogP contribution < -0.4 is 5.32 Å². The van der Waals surface area contributed by atoms with Crippen LogP contribution in [0.25, 0.3) is 0 Å². The Bertz CT molecular complexity index is 460. The number of hydrogen-bond acceptors (Lipinski definition) is 2. The molecule has 4 heteroatoms. The van der Waals surface area contributed by atoms with Crippen LogP contribution in [0.2, 0.25) is 0 Å². The van der Waals surface area contributed by atoms with Crippen LogP contribution >= 0.6 is 0 Å². The van der Waals surface area contributed by atoms with E-state index < -0.39 is 0 Å². The molecule has 1 atom stereocenters. The lowest BCUT2D eigenvalue weighted by molar-refractivity contribution is 0.0815. The molecule has 1 N–H and O–H groups in total. The van der Waals surface area contributed by atoms with Crippen LogP contribution in [0.3, 0.4) is 0 Å². The molecule has 0 radical (unpaired) electrons. The summed E-state index contributed by atoms with van der Waals surface area (Å²) in [6.45, 7) is 8.65. The highest BCUT2D eigenvalue weighted by molar-refractivity contribution is 5.19. The molecular weight excluding hydrogens is 258 g/mol. The van der Waals surface area contributed by atoms with E-state index in [0.29, 0.717) is 18.2 Å². The summed E-state index contributed by atoms with van der Waals surface area (Å²) >= 11 is 0. The van der Waals surface area contributed by atoms with Gasteiger partial charge in [0, 0.05) is 36.8 Å². The molecule has 1 aromatic rings. The van der Waals surface area contributed by atoms with Crippen molar-refractivity contribution in [3.05, 3.63) is 35.4 Å². The Hall–Kier alpha value is -1.00. The molecule has 1 unspecified atom stereocenters. The van der Waals surface area contributed by atoms with Crippen molar-refractivity contribution in [2.45, 2.75) is 51.7 Å². The normalized spacial score (nSPS) is 22.9. The molecule has 1 aliphatic rings. The van der Waals surface area contributed by atoms with E-state index in [9.17, 15) is 8.78 Å². The van der Waals surface area contributed by atoms with Gasteiger partial charge in [0.2, 0.25) is 0 Å². The molecule has 0 spiro atoms. The highest BCUT2D eigenvalue weighted by Gasteiger charge is 2.32. The van der Waals surface area contributed by atoms with Gasteiger partial charge in [-0.05, 0) is 38.5 Å². The van der Waals surface area contributed by atoms with Crippen LogP contribution in [0.5, 0.6) is 0 Å². The van der Waals surface area contributed by atoms with Gasteiger partial charge in [0.25, 0.3) is 0 Å². The van der Waals surface area contributed by atoms with Crippen molar-refractivity contribution in [2.75, 3.05) is 13.1 Å². The molecule has 20 heavy (non-hydrogen) atoms. The third-order valence-corrected chi connectivity index (χ3v) is 3.93. The van der Waals surface area contributed by atoms with Crippen LogP contribution in [-0.4, -0.2) is 29.6 Å². The summed E-state index contributed by atoms with van der Waals surface area (Å²) in [5.41, 5.74) is 0.456. The van der Waals surface area contributed by atoms with E-state index in [1.807, 2.05) is 0 Å². The molecule has 2 rings (SSSR count). The summed E-state index contributed by atoms with van der Waals surface area (Å²) in [7, 11) is 0. The fourth-order valence-electron chi connectivity index (χ4n) is 2.90. The van der Waals surface area contributed by atoms with E-state index in [1.165, 1.54) is 18.2 Å². The topological polar surface area (TPSA) is 15.3 Å². The Morgan fingerprint density at radius 3 is 2.80 bits per heavy atom. The Kier molecular flexibility index (Phi) is 4.76. The van der Waals surface area contributed by atoms with Gasteiger partial charge in [-0.15, -0.1) is 0 Å². The predicted molar refractivity (Wildman–Crippen MR) is 77.5 cm³/mol. The fraction of sp³-hybridized carbons (Fsp3) is 0.625. The number of nitrogens with zero attached hydrogens (tertiary/aromatic N) is 1. The maximum Gasteiger partial charge on any atom is 0.127 e. The van der Waals surface area contributed by atoms with Gasteiger partial charge in [0.15, 0.2) is 0 Å². The lowest BCUT2D eigenvalue weighted by atomic mass is 9.96. The predicted octanol–water partition coefficient (Wildman–Crippen LogP) is 3.32. The quantitative estimate of drug-likeness (QED) is 0.911. The van der Waals surface area contributed by atoms with Crippen molar-refractivity contribution in [2.24, 2.45) is 0 Å². The van der Waals surface area contributed by atoms with Gasteiger partial charge in [0.05, 0.1) is 0 Å². The van der Waals surface area contributed by atoms with Crippen LogP contribution in [0.1, 0.15) is 39.2 Å². The minimum Gasteiger partial charge on any atom is -0.309 e. The number of piperazine rings is 1. The maximum absolute atomic E-state index is 13.8. The molecule has 1 heterocycles. The molecule has 0 saturated carbocycles. The third kappa shape index (κ3) is 3.76. The van der Waals surface area contributed by atoms with E-state index in [-0.39, 0.29) is 17.2 Å². The van der Waals surface area contributed by atoms with Crippen LogP contribution in [0, 0.1) is 11.6 Å². The molecule has 1 saturated heterocycles. The summed E-state index contributed by atoms with van der Waals surface area (Å²) in [5.74, 6) is -0.694. The lowest BCUT2D eigenvalue weighted by Gasteiger charge is -2.44. The first-order chi connectivity index (χ1) is 9.41. The highest BCUT2D eigenvalue weighted by Crippen LogP contribution is 2.22. The Labute approximate surface area is 120 Å². The van der Waals surface area contributed by atoms with Gasteiger partial charge in [-0.25, -0.2) is 8.78 Å². The second-order valence-electron chi connectivity index (χ2n) is 6.35. The van der Waals surface area contributed by atoms with Gasteiger partial charge in [-0.3, -0.25) is 4.90 Å². The minimum atomic E-state index is -0.372. The average molecular weight is 282 g/mol. The SMILES string of the molecule is CCCC1CNC(C)(C)CN1Cc1cc(F)ccc1F. The molecule has 0 aromatic heterocycles. The molecule has 112 valence electrons. The van der Waals surface area contributed by atoms with E-state index in [0.717, 1.165) is 25.9 Å². The van der Waals surface area contributed by atoms with E-state index in [2.05, 4.69) is 31.0 Å². The maximum atomic E-state index is 13.8. The van der Waals surface area contributed by atoms with E-state index in [4.69, 9.17) is 0 Å². The van der Waals surface area contributed by atoms with Crippen LogP contribution in [0.15, 0.2) is 18.2 Å². The Morgan fingerprint density at radius 1 is 1.35 bits per heavy atom. The van der Waals surface area contributed by atoms with Crippen molar-refractivity contribution in [3.8, 4) is 0 Å². The minimum absolute atomic E-state index is 0.00798. The Balaban J connectivity index is 2.16. The van der Waals surface area contributed by atoms with Gasteiger partial charge in [-0.2, -0.15) is 0 Å². The molecule has 1 aliphatic heterocycles. The molecule has 0 bridgehead atoms. The fourth-order valence-corrected chi connectivity index (χ4v) is 2.90. The second-order valence-corrected chi connectivity index (χ2v) is 6.35. The number of rotatable bonds is 4. The first-order valence-electron chi connectivity index (χ1n) is 7.34. The van der Waals surface area contributed by atoms with Crippen LogP contribution in [0.4, 0.5) is 8.78 Å². The first-order valence-corrected chi connectivity index (χ1v) is 7.34.